The molecule has 0 aromatic carbocycles. The van der Waals surface area contributed by atoms with E-state index in [1.165, 1.54) is 45.1 Å². The minimum atomic E-state index is -2.19. The van der Waals surface area contributed by atoms with E-state index in [1.807, 2.05) is 14.2 Å². The molecule has 4 heteroatoms. The Bertz CT molecular complexity index is 267. The molecule has 0 aromatic heterocycles. The maximum Gasteiger partial charge on any atom is 0.430 e. The Morgan fingerprint density at radius 3 is 2.22 bits per heavy atom. The molecule has 2 fully saturated rings. The molecule has 106 valence electrons. The normalized spacial score (nSPS) is 30.5. The highest BCUT2D eigenvalue weighted by Crippen LogP contribution is 2.40. The Balaban J connectivity index is 2.22. The van der Waals surface area contributed by atoms with Crippen LogP contribution in [0.2, 0.25) is 5.54 Å². The second-order valence-corrected chi connectivity index (χ2v) is 9.95. The van der Waals surface area contributed by atoms with Crippen molar-refractivity contribution in [2.75, 3.05) is 20.8 Å². The number of hydrogen-bond donors (Lipinski definition) is 0. The summed E-state index contributed by atoms with van der Waals surface area (Å²) in [6, 6.07) is 0.724. The van der Waals surface area contributed by atoms with E-state index in [1.54, 1.807) is 0 Å². The van der Waals surface area contributed by atoms with Gasteiger partial charge in [-0.2, -0.15) is 0 Å². The van der Waals surface area contributed by atoms with Gasteiger partial charge < -0.3 is 8.85 Å². The molecule has 0 amide bonds. The van der Waals surface area contributed by atoms with Crippen molar-refractivity contribution in [1.82, 2.24) is 4.57 Å². The Hall–Kier alpha value is 0.0969. The standard InChI is InChI=1S/C14H29NO2Si/c1-12(2)18(16-3,17-4)15-11-7-9-13-8-5-6-10-14(13)15/h12-14H,5-11H2,1-4H3. The van der Waals surface area contributed by atoms with E-state index in [4.69, 9.17) is 8.85 Å². The van der Waals surface area contributed by atoms with Gasteiger partial charge in [-0.15, -0.1) is 0 Å². The fraction of sp³-hybridized carbons (Fsp3) is 1.00. The summed E-state index contributed by atoms with van der Waals surface area (Å²) in [4.78, 5) is 0. The Kier molecular flexibility index (Phi) is 4.86. The fourth-order valence-corrected chi connectivity index (χ4v) is 7.65. The summed E-state index contributed by atoms with van der Waals surface area (Å²) in [5.74, 6) is 0.892. The number of piperidine rings is 1. The van der Waals surface area contributed by atoms with Crippen LogP contribution >= 0.6 is 0 Å². The molecule has 0 spiro atoms. The van der Waals surface area contributed by atoms with Gasteiger partial charge in [0.25, 0.3) is 0 Å². The van der Waals surface area contributed by atoms with Crippen molar-refractivity contribution < 1.29 is 8.85 Å². The van der Waals surface area contributed by atoms with E-state index in [0.29, 0.717) is 5.54 Å². The monoisotopic (exact) mass is 271 g/mol. The molecule has 2 rings (SSSR count). The van der Waals surface area contributed by atoms with Crippen molar-refractivity contribution in [3.05, 3.63) is 0 Å². The predicted octanol–water partition coefficient (Wildman–Crippen LogP) is 3.28. The van der Waals surface area contributed by atoms with Crippen molar-refractivity contribution in [2.24, 2.45) is 5.92 Å². The SMILES string of the molecule is CO[Si](OC)(C(C)C)N1CCCC2CCCCC21. The average Bonchev–Trinajstić information content (AvgIpc) is 2.40. The van der Waals surface area contributed by atoms with Crippen molar-refractivity contribution in [1.29, 1.82) is 0 Å². The third-order valence-corrected chi connectivity index (χ3v) is 8.94. The lowest BCUT2D eigenvalue weighted by molar-refractivity contribution is 0.0559. The topological polar surface area (TPSA) is 21.7 Å². The summed E-state index contributed by atoms with van der Waals surface area (Å²) in [7, 11) is 1.50. The van der Waals surface area contributed by atoms with Crippen LogP contribution in [0.25, 0.3) is 0 Å². The van der Waals surface area contributed by atoms with Crippen LogP contribution in [-0.4, -0.2) is 40.1 Å². The first-order valence-corrected chi connectivity index (χ1v) is 9.37. The Morgan fingerprint density at radius 2 is 1.61 bits per heavy atom. The summed E-state index contributed by atoms with van der Waals surface area (Å²) in [6.45, 7) is 5.69. The third-order valence-electron chi connectivity index (χ3n) is 4.96. The average molecular weight is 271 g/mol. The molecular formula is C14H29NO2Si. The van der Waals surface area contributed by atoms with Gasteiger partial charge in [0.1, 0.15) is 0 Å². The zero-order valence-electron chi connectivity index (χ0n) is 12.4. The van der Waals surface area contributed by atoms with Gasteiger partial charge in [0.2, 0.25) is 0 Å². The Labute approximate surface area is 113 Å². The Morgan fingerprint density at radius 1 is 1.00 bits per heavy atom. The van der Waals surface area contributed by atoms with Crippen LogP contribution in [0.5, 0.6) is 0 Å². The summed E-state index contributed by atoms with van der Waals surface area (Å²) in [5, 5.41) is 0. The summed E-state index contributed by atoms with van der Waals surface area (Å²) in [5.41, 5.74) is 0.480. The molecule has 2 aliphatic rings. The maximum absolute atomic E-state index is 5.98. The molecule has 0 aromatic rings. The first-order chi connectivity index (χ1) is 8.65. The second-order valence-electron chi connectivity index (χ2n) is 6.14. The molecule has 18 heavy (non-hydrogen) atoms. The predicted molar refractivity (Wildman–Crippen MR) is 76.6 cm³/mol. The van der Waals surface area contributed by atoms with Crippen LogP contribution in [0.1, 0.15) is 52.4 Å². The highest BCUT2D eigenvalue weighted by atomic mass is 28.4. The first kappa shape index (κ1) is 14.5. The van der Waals surface area contributed by atoms with Gasteiger partial charge in [0, 0.05) is 25.8 Å². The van der Waals surface area contributed by atoms with E-state index < -0.39 is 8.72 Å². The molecule has 1 aliphatic heterocycles. The fourth-order valence-electron chi connectivity index (χ4n) is 4.13. The highest BCUT2D eigenvalue weighted by molar-refractivity contribution is 6.66. The molecule has 0 bridgehead atoms. The molecule has 0 radical (unpaired) electrons. The lowest BCUT2D eigenvalue weighted by Crippen LogP contribution is -2.66. The van der Waals surface area contributed by atoms with Crippen molar-refractivity contribution in [3.63, 3.8) is 0 Å². The van der Waals surface area contributed by atoms with Crippen LogP contribution in [0.3, 0.4) is 0 Å². The van der Waals surface area contributed by atoms with E-state index in [2.05, 4.69) is 18.4 Å². The molecule has 1 saturated carbocycles. The van der Waals surface area contributed by atoms with E-state index in [0.717, 1.165) is 12.0 Å². The lowest BCUT2D eigenvalue weighted by atomic mass is 9.79. The molecule has 3 nitrogen and oxygen atoms in total. The molecule has 2 unspecified atom stereocenters. The quantitative estimate of drug-likeness (QED) is 0.732. The third kappa shape index (κ3) is 2.40. The van der Waals surface area contributed by atoms with Gasteiger partial charge in [0.05, 0.1) is 0 Å². The summed E-state index contributed by atoms with van der Waals surface area (Å²) >= 11 is 0. The highest BCUT2D eigenvalue weighted by Gasteiger charge is 2.52. The number of nitrogens with zero attached hydrogens (tertiary/aromatic N) is 1. The number of rotatable bonds is 4. The van der Waals surface area contributed by atoms with Gasteiger partial charge in [-0.1, -0.05) is 26.7 Å². The van der Waals surface area contributed by atoms with Gasteiger partial charge >= 0.3 is 8.72 Å². The summed E-state index contributed by atoms with van der Waals surface area (Å²) in [6.07, 6.45) is 8.29. The van der Waals surface area contributed by atoms with Crippen LogP contribution in [0, 0.1) is 5.92 Å². The smallest absolute Gasteiger partial charge is 0.386 e. The first-order valence-electron chi connectivity index (χ1n) is 7.52. The van der Waals surface area contributed by atoms with Crippen LogP contribution in [-0.2, 0) is 8.85 Å². The van der Waals surface area contributed by atoms with E-state index in [9.17, 15) is 0 Å². The van der Waals surface area contributed by atoms with Gasteiger partial charge in [-0.25, -0.2) is 0 Å². The van der Waals surface area contributed by atoms with Gasteiger partial charge in [0.15, 0.2) is 0 Å². The second kappa shape index (κ2) is 6.03. The number of hydrogen-bond acceptors (Lipinski definition) is 3. The van der Waals surface area contributed by atoms with Crippen LogP contribution < -0.4 is 0 Å². The molecule has 1 aliphatic carbocycles. The zero-order valence-corrected chi connectivity index (χ0v) is 13.4. The minimum Gasteiger partial charge on any atom is -0.386 e. The van der Waals surface area contributed by atoms with Crippen molar-refractivity contribution in [2.45, 2.75) is 64.0 Å². The molecular weight excluding hydrogens is 242 g/mol. The van der Waals surface area contributed by atoms with Crippen LogP contribution in [0.15, 0.2) is 0 Å². The largest absolute Gasteiger partial charge is 0.430 e. The zero-order chi connectivity index (χ0) is 13.2. The van der Waals surface area contributed by atoms with Gasteiger partial charge in [-0.05, 0) is 38.1 Å². The number of fused-ring (bicyclic) bond motifs is 1. The molecule has 2 atom stereocenters. The minimum absolute atomic E-state index is 0.480. The van der Waals surface area contributed by atoms with Gasteiger partial charge in [-0.3, -0.25) is 4.57 Å². The molecule has 1 saturated heterocycles. The van der Waals surface area contributed by atoms with Crippen LogP contribution in [0.4, 0.5) is 0 Å². The van der Waals surface area contributed by atoms with Crippen molar-refractivity contribution >= 4 is 8.72 Å². The van der Waals surface area contributed by atoms with Crippen molar-refractivity contribution in [3.8, 4) is 0 Å². The molecule has 0 N–H and O–H groups in total. The lowest BCUT2D eigenvalue weighted by Gasteiger charge is -2.51. The van der Waals surface area contributed by atoms with E-state index >= 15 is 0 Å². The van der Waals surface area contributed by atoms with E-state index in [-0.39, 0.29) is 0 Å². The molecule has 1 heterocycles. The maximum atomic E-state index is 5.98. The summed E-state index contributed by atoms with van der Waals surface area (Å²) < 4.78 is 14.6.